The second kappa shape index (κ2) is 8.86. The number of nitrogen functional groups attached to an aromatic ring is 1. The van der Waals surface area contributed by atoms with Crippen molar-refractivity contribution in [2.24, 2.45) is 0 Å². The third-order valence-electron chi connectivity index (χ3n) is 6.03. The van der Waals surface area contributed by atoms with Gasteiger partial charge in [-0.2, -0.15) is 10.2 Å². The number of anilines is 1. The highest BCUT2D eigenvalue weighted by Crippen LogP contribution is 2.32. The van der Waals surface area contributed by atoms with Gasteiger partial charge in [0.15, 0.2) is 5.82 Å². The van der Waals surface area contributed by atoms with Crippen molar-refractivity contribution in [1.29, 1.82) is 0 Å². The summed E-state index contributed by atoms with van der Waals surface area (Å²) in [5.41, 5.74) is 7.46. The van der Waals surface area contributed by atoms with E-state index in [1.807, 2.05) is 54.6 Å². The van der Waals surface area contributed by atoms with Crippen molar-refractivity contribution in [3.05, 3.63) is 77.6 Å². The third-order valence-corrected chi connectivity index (χ3v) is 6.03. The van der Waals surface area contributed by atoms with Crippen molar-refractivity contribution in [1.82, 2.24) is 24.9 Å². The molecule has 1 fully saturated rings. The average Bonchev–Trinajstić information content (AvgIpc) is 3.48. The zero-order valence-electron chi connectivity index (χ0n) is 18.5. The lowest BCUT2D eigenvalue weighted by molar-refractivity contribution is -0.127. The minimum atomic E-state index is -0.383. The summed E-state index contributed by atoms with van der Waals surface area (Å²) < 4.78 is 7.51. The number of fused-ring (bicyclic) bond motifs is 1. The van der Waals surface area contributed by atoms with Crippen LogP contribution in [0.25, 0.3) is 22.2 Å². The molecule has 0 aliphatic carbocycles. The quantitative estimate of drug-likeness (QED) is 0.430. The molecule has 1 atom stereocenters. The van der Waals surface area contributed by atoms with Gasteiger partial charge < -0.3 is 15.4 Å². The molecule has 2 aromatic carbocycles. The van der Waals surface area contributed by atoms with Crippen LogP contribution in [0.1, 0.15) is 12.8 Å². The lowest BCUT2D eigenvalue weighted by atomic mass is 10.1. The van der Waals surface area contributed by atoms with Gasteiger partial charge in [-0.05, 0) is 55.3 Å². The molecule has 5 rings (SSSR count). The zero-order chi connectivity index (χ0) is 23.7. The number of rotatable bonds is 6. The summed E-state index contributed by atoms with van der Waals surface area (Å²) >= 11 is 0. The Hall–Kier alpha value is -4.40. The van der Waals surface area contributed by atoms with Crippen molar-refractivity contribution >= 4 is 22.6 Å². The van der Waals surface area contributed by atoms with E-state index in [1.54, 1.807) is 9.58 Å². The molecular formula is C25H24N6O3. The number of hydrogen-bond donors (Lipinski definition) is 2. The summed E-state index contributed by atoms with van der Waals surface area (Å²) in [5, 5.41) is 11.6. The van der Waals surface area contributed by atoms with Crippen LogP contribution < -0.4 is 16.0 Å². The van der Waals surface area contributed by atoms with Crippen molar-refractivity contribution < 1.29 is 9.53 Å². The first-order valence-corrected chi connectivity index (χ1v) is 11.1. The fraction of sp³-hybridized carbons (Fsp3) is 0.200. The highest BCUT2D eigenvalue weighted by molar-refractivity contribution is 5.99. The number of para-hydroxylation sites is 1. The predicted molar refractivity (Wildman–Crippen MR) is 129 cm³/mol. The molecule has 0 saturated carbocycles. The first-order valence-electron chi connectivity index (χ1n) is 11.1. The Balaban J connectivity index is 1.52. The van der Waals surface area contributed by atoms with Gasteiger partial charge in [0.25, 0.3) is 5.56 Å². The molecule has 3 heterocycles. The molecule has 0 bridgehead atoms. The minimum absolute atomic E-state index is 0.0862. The van der Waals surface area contributed by atoms with E-state index < -0.39 is 0 Å². The second-order valence-corrected chi connectivity index (χ2v) is 8.16. The smallest absolute Gasteiger partial charge is 0.290 e. The number of amides is 1. The number of H-pyrrole nitrogens is 1. The third kappa shape index (κ3) is 3.92. The van der Waals surface area contributed by atoms with Crippen LogP contribution in [0.5, 0.6) is 11.5 Å². The summed E-state index contributed by atoms with van der Waals surface area (Å²) in [6.07, 6.45) is 3.03. The number of nitrogens with one attached hydrogen (secondary N) is 1. The normalized spacial score (nSPS) is 15.5. The molecule has 172 valence electrons. The van der Waals surface area contributed by atoms with Crippen LogP contribution >= 0.6 is 0 Å². The first-order chi connectivity index (χ1) is 16.5. The van der Waals surface area contributed by atoms with Crippen molar-refractivity contribution in [3.63, 3.8) is 0 Å². The topological polar surface area (TPSA) is 119 Å². The molecule has 3 N–H and O–H groups in total. The average molecular weight is 457 g/mol. The number of benzene rings is 2. The van der Waals surface area contributed by atoms with E-state index >= 15 is 0 Å². The Labute approximate surface area is 195 Å². The molecule has 1 amide bonds. The Morgan fingerprint density at radius 3 is 2.65 bits per heavy atom. The van der Waals surface area contributed by atoms with Gasteiger partial charge in [0.05, 0.1) is 18.0 Å². The molecule has 9 heteroatoms. The Morgan fingerprint density at radius 1 is 1.18 bits per heavy atom. The Bertz CT molecular complexity index is 1410. The van der Waals surface area contributed by atoms with Crippen LogP contribution in [0.15, 0.2) is 72.0 Å². The van der Waals surface area contributed by atoms with Crippen molar-refractivity contribution in [2.45, 2.75) is 25.4 Å². The number of likely N-dealkylation sites (tertiary alicyclic amines) is 1. The molecule has 1 saturated heterocycles. The first kappa shape index (κ1) is 21.4. The maximum Gasteiger partial charge on any atom is 0.290 e. The fourth-order valence-corrected chi connectivity index (χ4v) is 4.43. The molecule has 4 aromatic rings. The molecule has 1 aliphatic rings. The van der Waals surface area contributed by atoms with Gasteiger partial charge in [-0.1, -0.05) is 24.8 Å². The second-order valence-electron chi connectivity index (χ2n) is 8.16. The fourth-order valence-electron chi connectivity index (χ4n) is 4.43. The van der Waals surface area contributed by atoms with Gasteiger partial charge in [0.1, 0.15) is 22.7 Å². The van der Waals surface area contributed by atoms with E-state index in [4.69, 9.17) is 15.6 Å². The number of ether oxygens (including phenoxy) is 1. The monoisotopic (exact) mass is 456 g/mol. The number of nitrogens with zero attached hydrogens (tertiary/aromatic N) is 4. The van der Waals surface area contributed by atoms with Gasteiger partial charge in [-0.3, -0.25) is 14.3 Å². The van der Waals surface area contributed by atoms with Crippen molar-refractivity contribution in [2.75, 3.05) is 12.3 Å². The highest BCUT2D eigenvalue weighted by atomic mass is 16.5. The molecule has 9 nitrogen and oxygen atoms in total. The standard InChI is InChI=1S/C25H24N6O3/c1-2-20(32)30-14-6-7-17(30)15-31-23-21(24(26)27-28-25(23)33)22(29-31)16-10-12-19(13-11-16)34-18-8-4-3-5-9-18/h2-5,8-13,17H,1,6-7,14-15H2,(H2,26,27)(H,28,33)/t17-/m0/s1. The van der Waals surface area contributed by atoms with Gasteiger partial charge in [0.2, 0.25) is 5.91 Å². The van der Waals surface area contributed by atoms with E-state index in [2.05, 4.69) is 16.8 Å². The molecule has 1 aliphatic heterocycles. The maximum atomic E-state index is 12.7. The molecule has 34 heavy (non-hydrogen) atoms. The van der Waals surface area contributed by atoms with Crippen LogP contribution in [0.4, 0.5) is 5.82 Å². The van der Waals surface area contributed by atoms with Gasteiger partial charge in [-0.15, -0.1) is 0 Å². The molecule has 0 unspecified atom stereocenters. The number of nitrogens with two attached hydrogens (primary N) is 1. The number of carbonyl (C=O) groups excluding carboxylic acids is 1. The van der Waals surface area contributed by atoms with Crippen LogP contribution in [0.2, 0.25) is 0 Å². The molecule has 0 radical (unpaired) electrons. The van der Waals surface area contributed by atoms with E-state index in [9.17, 15) is 9.59 Å². The molecular weight excluding hydrogens is 432 g/mol. The van der Waals surface area contributed by atoms with Crippen LogP contribution in [-0.2, 0) is 11.3 Å². The number of carbonyl (C=O) groups is 1. The van der Waals surface area contributed by atoms with Crippen LogP contribution in [0.3, 0.4) is 0 Å². The lowest BCUT2D eigenvalue weighted by Crippen LogP contribution is -2.37. The summed E-state index contributed by atoms with van der Waals surface area (Å²) in [4.78, 5) is 26.8. The zero-order valence-corrected chi connectivity index (χ0v) is 18.5. The highest BCUT2D eigenvalue weighted by Gasteiger charge is 2.29. The largest absolute Gasteiger partial charge is 0.457 e. The van der Waals surface area contributed by atoms with Crippen molar-refractivity contribution in [3.8, 4) is 22.8 Å². The van der Waals surface area contributed by atoms with Gasteiger partial charge in [-0.25, -0.2) is 5.10 Å². The summed E-state index contributed by atoms with van der Waals surface area (Å²) in [5.74, 6) is 1.47. The van der Waals surface area contributed by atoms with Crippen LogP contribution in [0, 0.1) is 0 Å². The Morgan fingerprint density at radius 2 is 1.91 bits per heavy atom. The van der Waals surface area contributed by atoms with E-state index in [1.165, 1.54) is 6.08 Å². The lowest BCUT2D eigenvalue weighted by Gasteiger charge is -2.23. The summed E-state index contributed by atoms with van der Waals surface area (Å²) in [6.45, 7) is 4.63. The van der Waals surface area contributed by atoms with Crippen LogP contribution in [-0.4, -0.2) is 43.4 Å². The molecule has 0 spiro atoms. The SMILES string of the molecule is C=CC(=O)N1CCC[C@H]1Cn1nc(-c2ccc(Oc3ccccc3)cc2)c2c(N)n[nH]c(=O)c21. The van der Waals surface area contributed by atoms with Gasteiger partial charge in [0, 0.05) is 12.1 Å². The maximum absolute atomic E-state index is 12.7. The molecule has 2 aromatic heterocycles. The summed E-state index contributed by atoms with van der Waals surface area (Å²) in [7, 11) is 0. The number of aromatic amines is 1. The predicted octanol–water partition coefficient (Wildman–Crippen LogP) is 3.34. The number of aromatic nitrogens is 4. The van der Waals surface area contributed by atoms with E-state index in [-0.39, 0.29) is 23.3 Å². The minimum Gasteiger partial charge on any atom is -0.457 e. The summed E-state index contributed by atoms with van der Waals surface area (Å²) in [6, 6.07) is 16.8. The van der Waals surface area contributed by atoms with Gasteiger partial charge >= 0.3 is 0 Å². The van der Waals surface area contributed by atoms with E-state index in [0.717, 1.165) is 24.2 Å². The van der Waals surface area contributed by atoms with E-state index in [0.29, 0.717) is 35.4 Å². The Kier molecular flexibility index (Phi) is 5.59. The number of hydrogen-bond acceptors (Lipinski definition) is 6.